The highest BCUT2D eigenvalue weighted by atomic mass is 79.9. The predicted octanol–water partition coefficient (Wildman–Crippen LogP) is 5.79. The minimum Gasteiger partial charge on any atom is -0.457 e. The second-order valence-electron chi connectivity index (χ2n) is 5.44. The number of aryl methyl sites for hydroxylation is 2. The molecule has 0 aliphatic heterocycles. The Kier molecular flexibility index (Phi) is 5.77. The molecule has 0 saturated carbocycles. The van der Waals surface area contributed by atoms with Crippen molar-refractivity contribution < 1.29 is 9.13 Å². The van der Waals surface area contributed by atoms with Gasteiger partial charge in [0.1, 0.15) is 17.3 Å². The number of ether oxygens (including phenoxy) is 1. The Bertz CT molecular complexity index is 744. The van der Waals surface area contributed by atoms with Crippen LogP contribution in [0.5, 0.6) is 11.5 Å². The largest absolute Gasteiger partial charge is 0.457 e. The number of hydrogen-bond donors (Lipinski definition) is 1. The van der Waals surface area contributed by atoms with Gasteiger partial charge in [-0.3, -0.25) is 0 Å². The molecular weight excluding hydrogens is 359 g/mol. The van der Waals surface area contributed by atoms with Crippen LogP contribution in [0.15, 0.2) is 39.8 Å². The van der Waals surface area contributed by atoms with E-state index in [9.17, 15) is 4.39 Å². The molecular formula is C18H20BrFN2O. The molecule has 3 nitrogen and oxygen atoms in total. The Morgan fingerprint density at radius 1 is 1.22 bits per heavy atom. The van der Waals surface area contributed by atoms with Crippen LogP contribution in [-0.4, -0.2) is 5.84 Å². The second kappa shape index (κ2) is 7.59. The number of benzene rings is 2. The molecule has 2 N–H and O–H groups in total. The van der Waals surface area contributed by atoms with E-state index in [0.29, 0.717) is 21.8 Å². The monoisotopic (exact) mass is 378 g/mol. The molecule has 5 heteroatoms. The van der Waals surface area contributed by atoms with Gasteiger partial charge in [-0.25, -0.2) is 9.38 Å². The molecule has 0 radical (unpaired) electrons. The quantitative estimate of drug-likeness (QED) is 0.528. The van der Waals surface area contributed by atoms with Crippen molar-refractivity contribution in [3.05, 3.63) is 51.7 Å². The molecule has 0 heterocycles. The number of nitrogens with zero attached hydrogens (tertiary/aromatic N) is 1. The highest BCUT2D eigenvalue weighted by Crippen LogP contribution is 2.33. The Hall–Kier alpha value is -1.88. The first-order valence-corrected chi connectivity index (χ1v) is 8.27. The van der Waals surface area contributed by atoms with E-state index in [4.69, 9.17) is 10.5 Å². The van der Waals surface area contributed by atoms with Crippen LogP contribution in [0, 0.1) is 19.7 Å². The molecule has 0 saturated heterocycles. The first-order chi connectivity index (χ1) is 10.9. The minimum absolute atomic E-state index is 0.318. The molecule has 0 amide bonds. The van der Waals surface area contributed by atoms with E-state index >= 15 is 0 Å². The molecule has 0 aromatic heterocycles. The summed E-state index contributed by atoms with van der Waals surface area (Å²) in [6, 6.07) is 8.44. The molecule has 0 unspecified atom stereocenters. The van der Waals surface area contributed by atoms with Crippen molar-refractivity contribution in [2.45, 2.75) is 33.6 Å². The van der Waals surface area contributed by atoms with E-state index < -0.39 is 0 Å². The maximum absolute atomic E-state index is 13.3. The number of halogens is 2. The zero-order chi connectivity index (χ0) is 17.0. The maximum atomic E-state index is 13.3. The average Bonchev–Trinajstić information content (AvgIpc) is 2.48. The highest BCUT2D eigenvalue weighted by Gasteiger charge is 2.08. The normalized spacial score (nSPS) is 11.6. The Morgan fingerprint density at radius 3 is 2.61 bits per heavy atom. The van der Waals surface area contributed by atoms with Crippen molar-refractivity contribution in [1.29, 1.82) is 0 Å². The standard InChI is InChI=1S/C18H20BrFN2O/c1-4-5-18(21)22-16-8-12(3)17(9-11(16)2)23-13-6-7-15(20)14(19)10-13/h6-10H,4-5H2,1-3H3,(H2,21,22). The molecule has 0 aliphatic rings. The van der Waals surface area contributed by atoms with Gasteiger partial charge in [-0.1, -0.05) is 6.92 Å². The summed E-state index contributed by atoms with van der Waals surface area (Å²) in [5, 5.41) is 0. The number of hydrogen-bond acceptors (Lipinski definition) is 2. The van der Waals surface area contributed by atoms with Gasteiger partial charge in [-0.05, 0) is 77.7 Å². The van der Waals surface area contributed by atoms with E-state index in [1.807, 2.05) is 26.0 Å². The fourth-order valence-corrected chi connectivity index (χ4v) is 2.50. The first kappa shape index (κ1) is 17.5. The van der Waals surface area contributed by atoms with E-state index in [1.165, 1.54) is 6.07 Å². The number of nitrogens with two attached hydrogens (primary N) is 1. The first-order valence-electron chi connectivity index (χ1n) is 7.48. The summed E-state index contributed by atoms with van der Waals surface area (Å²) in [6.45, 7) is 5.98. The van der Waals surface area contributed by atoms with Gasteiger partial charge in [0.05, 0.1) is 16.0 Å². The summed E-state index contributed by atoms with van der Waals surface area (Å²) in [4.78, 5) is 4.46. The molecule has 122 valence electrons. The van der Waals surface area contributed by atoms with Gasteiger partial charge in [0, 0.05) is 6.42 Å². The highest BCUT2D eigenvalue weighted by molar-refractivity contribution is 9.10. The topological polar surface area (TPSA) is 47.6 Å². The lowest BCUT2D eigenvalue weighted by atomic mass is 10.1. The maximum Gasteiger partial charge on any atom is 0.137 e. The zero-order valence-corrected chi connectivity index (χ0v) is 15.1. The van der Waals surface area contributed by atoms with Crippen molar-refractivity contribution in [3.63, 3.8) is 0 Å². The van der Waals surface area contributed by atoms with Gasteiger partial charge < -0.3 is 10.5 Å². The van der Waals surface area contributed by atoms with Gasteiger partial charge in [-0.15, -0.1) is 0 Å². The zero-order valence-electron chi connectivity index (χ0n) is 13.5. The van der Waals surface area contributed by atoms with E-state index in [1.54, 1.807) is 12.1 Å². The van der Waals surface area contributed by atoms with Crippen LogP contribution in [0.3, 0.4) is 0 Å². The van der Waals surface area contributed by atoms with E-state index in [-0.39, 0.29) is 5.82 Å². The summed E-state index contributed by atoms with van der Waals surface area (Å²) in [5.74, 6) is 1.60. The predicted molar refractivity (Wildman–Crippen MR) is 96.3 cm³/mol. The summed E-state index contributed by atoms with van der Waals surface area (Å²) in [5.41, 5.74) is 8.68. The smallest absolute Gasteiger partial charge is 0.137 e. The molecule has 23 heavy (non-hydrogen) atoms. The molecule has 0 aliphatic carbocycles. The van der Waals surface area contributed by atoms with Crippen molar-refractivity contribution in [2.24, 2.45) is 10.7 Å². The summed E-state index contributed by atoms with van der Waals surface area (Å²) in [6.07, 6.45) is 1.74. The van der Waals surface area contributed by atoms with Crippen LogP contribution in [-0.2, 0) is 0 Å². The summed E-state index contributed by atoms with van der Waals surface area (Å²) >= 11 is 3.16. The molecule has 0 atom stereocenters. The number of rotatable bonds is 5. The second-order valence-corrected chi connectivity index (χ2v) is 6.29. The third kappa shape index (κ3) is 4.55. The molecule has 0 fully saturated rings. The molecule has 2 rings (SSSR count). The van der Waals surface area contributed by atoms with Crippen LogP contribution in [0.4, 0.5) is 10.1 Å². The van der Waals surface area contributed by atoms with Crippen LogP contribution < -0.4 is 10.5 Å². The van der Waals surface area contributed by atoms with Gasteiger partial charge in [-0.2, -0.15) is 0 Å². The number of amidine groups is 1. The van der Waals surface area contributed by atoms with Crippen LogP contribution in [0.25, 0.3) is 0 Å². The van der Waals surface area contributed by atoms with E-state index in [2.05, 4.69) is 27.8 Å². The summed E-state index contributed by atoms with van der Waals surface area (Å²) in [7, 11) is 0. The lowest BCUT2D eigenvalue weighted by Gasteiger charge is -2.12. The Morgan fingerprint density at radius 2 is 1.96 bits per heavy atom. The van der Waals surface area contributed by atoms with Crippen LogP contribution in [0.1, 0.15) is 30.9 Å². The van der Waals surface area contributed by atoms with Gasteiger partial charge in [0.2, 0.25) is 0 Å². The fraction of sp³-hybridized carbons (Fsp3) is 0.278. The fourth-order valence-electron chi connectivity index (χ4n) is 2.14. The van der Waals surface area contributed by atoms with Gasteiger partial charge in [0.25, 0.3) is 0 Å². The van der Waals surface area contributed by atoms with Crippen molar-refractivity contribution >= 4 is 27.5 Å². The summed E-state index contributed by atoms with van der Waals surface area (Å²) < 4.78 is 19.5. The minimum atomic E-state index is -0.318. The van der Waals surface area contributed by atoms with E-state index in [0.717, 1.165) is 29.7 Å². The van der Waals surface area contributed by atoms with Gasteiger partial charge >= 0.3 is 0 Å². The number of aliphatic imine (C=N–C) groups is 1. The van der Waals surface area contributed by atoms with Crippen molar-refractivity contribution in [3.8, 4) is 11.5 Å². The molecule has 0 spiro atoms. The lowest BCUT2D eigenvalue weighted by molar-refractivity contribution is 0.476. The SMILES string of the molecule is CCCC(N)=Nc1cc(C)c(Oc2ccc(F)c(Br)c2)cc1C. The van der Waals surface area contributed by atoms with Crippen LogP contribution >= 0.6 is 15.9 Å². The molecule has 0 bridgehead atoms. The lowest BCUT2D eigenvalue weighted by Crippen LogP contribution is -2.10. The van der Waals surface area contributed by atoms with Crippen molar-refractivity contribution in [1.82, 2.24) is 0 Å². The van der Waals surface area contributed by atoms with Gasteiger partial charge in [0.15, 0.2) is 0 Å². The van der Waals surface area contributed by atoms with Crippen LogP contribution in [0.2, 0.25) is 0 Å². The Balaban J connectivity index is 2.29. The Labute approximate surface area is 144 Å². The molecule has 2 aromatic rings. The average molecular weight is 379 g/mol. The molecule has 2 aromatic carbocycles. The van der Waals surface area contributed by atoms with Crippen molar-refractivity contribution in [2.75, 3.05) is 0 Å². The third-order valence-corrected chi connectivity index (χ3v) is 3.99. The third-order valence-electron chi connectivity index (χ3n) is 3.38.